The third-order valence-corrected chi connectivity index (χ3v) is 6.38. The van der Waals surface area contributed by atoms with Gasteiger partial charge in [-0.15, -0.1) is 11.3 Å². The number of halogens is 3. The van der Waals surface area contributed by atoms with Gasteiger partial charge in [-0.25, -0.2) is 4.79 Å². The van der Waals surface area contributed by atoms with Crippen molar-refractivity contribution < 1.29 is 13.2 Å². The van der Waals surface area contributed by atoms with Crippen LogP contribution in [0, 0.1) is 0 Å². The average Bonchev–Trinajstić information content (AvgIpc) is 3.21. The van der Waals surface area contributed by atoms with Crippen LogP contribution in [0.2, 0.25) is 0 Å². The summed E-state index contributed by atoms with van der Waals surface area (Å²) in [5.74, 6) is 0. The summed E-state index contributed by atoms with van der Waals surface area (Å²) in [4.78, 5) is 31.5. The highest BCUT2D eigenvalue weighted by atomic mass is 32.1. The fourth-order valence-corrected chi connectivity index (χ4v) is 4.65. The van der Waals surface area contributed by atoms with E-state index in [-0.39, 0.29) is 11.2 Å². The van der Waals surface area contributed by atoms with E-state index >= 15 is 0 Å². The lowest BCUT2D eigenvalue weighted by Crippen LogP contribution is -2.46. The number of H-pyrrole nitrogens is 1. The highest BCUT2D eigenvalue weighted by Gasteiger charge is 2.31. The van der Waals surface area contributed by atoms with Gasteiger partial charge in [-0.3, -0.25) is 14.3 Å². The van der Waals surface area contributed by atoms with Crippen LogP contribution in [0.3, 0.4) is 0 Å². The van der Waals surface area contributed by atoms with Crippen LogP contribution in [0.4, 0.5) is 18.9 Å². The molecule has 1 fully saturated rings. The van der Waals surface area contributed by atoms with Crippen molar-refractivity contribution in [1.82, 2.24) is 14.5 Å². The third-order valence-electron chi connectivity index (χ3n) is 5.64. The summed E-state index contributed by atoms with van der Waals surface area (Å²) in [7, 11) is 0. The summed E-state index contributed by atoms with van der Waals surface area (Å²) >= 11 is 1.38. The van der Waals surface area contributed by atoms with Gasteiger partial charge in [0, 0.05) is 49.2 Å². The molecule has 0 saturated carbocycles. The van der Waals surface area contributed by atoms with Crippen LogP contribution >= 0.6 is 11.3 Å². The number of thiophene rings is 1. The number of alkyl halides is 3. The van der Waals surface area contributed by atoms with Crippen LogP contribution in [-0.2, 0) is 12.7 Å². The Kier molecular flexibility index (Phi) is 6.19. The zero-order valence-corrected chi connectivity index (χ0v) is 17.6. The van der Waals surface area contributed by atoms with Gasteiger partial charge < -0.3 is 9.88 Å². The molecule has 1 saturated heterocycles. The Balaban J connectivity index is 1.26. The minimum Gasteiger partial charge on any atom is -0.369 e. The predicted molar refractivity (Wildman–Crippen MR) is 116 cm³/mol. The molecule has 0 unspecified atom stereocenters. The van der Waals surface area contributed by atoms with Crippen molar-refractivity contribution >= 4 is 27.9 Å². The number of aromatic amines is 1. The number of nitrogens with zero attached hydrogens (tertiary/aromatic N) is 3. The molecule has 1 aromatic carbocycles. The molecule has 2 aromatic heterocycles. The van der Waals surface area contributed by atoms with E-state index in [4.69, 9.17) is 0 Å². The summed E-state index contributed by atoms with van der Waals surface area (Å²) in [6.07, 6.45) is -2.81. The minimum atomic E-state index is -4.34. The fraction of sp³-hybridized carbons (Fsp3) is 0.429. The van der Waals surface area contributed by atoms with E-state index in [1.54, 1.807) is 16.8 Å². The molecule has 3 aromatic rings. The molecule has 3 heterocycles. The highest BCUT2D eigenvalue weighted by molar-refractivity contribution is 7.09. The Labute approximate surface area is 180 Å². The normalized spacial score (nSPS) is 15.6. The lowest BCUT2D eigenvalue weighted by Gasteiger charge is -2.36. The van der Waals surface area contributed by atoms with Crippen molar-refractivity contribution in [3.8, 4) is 0 Å². The van der Waals surface area contributed by atoms with E-state index in [1.165, 1.54) is 28.0 Å². The van der Waals surface area contributed by atoms with Crippen molar-refractivity contribution in [3.05, 3.63) is 61.4 Å². The zero-order chi connectivity index (χ0) is 22.0. The monoisotopic (exact) mass is 452 g/mol. The number of piperazine rings is 1. The van der Waals surface area contributed by atoms with Gasteiger partial charge in [0.25, 0.3) is 5.56 Å². The number of fused-ring (bicyclic) bond motifs is 1. The molecular formula is C21H23F3N4O2S. The van der Waals surface area contributed by atoms with Crippen molar-refractivity contribution in [1.29, 1.82) is 0 Å². The summed E-state index contributed by atoms with van der Waals surface area (Å²) in [5.41, 5.74) is -0.0922. The minimum absolute atomic E-state index is 0.255. The fourth-order valence-electron chi connectivity index (χ4n) is 3.90. The molecule has 10 heteroatoms. The average molecular weight is 453 g/mol. The Bertz CT molecular complexity index is 1160. The maximum atomic E-state index is 12.9. The van der Waals surface area contributed by atoms with E-state index in [9.17, 15) is 22.8 Å². The number of anilines is 1. The van der Waals surface area contributed by atoms with Crippen molar-refractivity contribution in [2.75, 3.05) is 37.6 Å². The summed E-state index contributed by atoms with van der Waals surface area (Å²) in [6.45, 7) is 4.04. The maximum Gasteiger partial charge on any atom is 0.416 e. The van der Waals surface area contributed by atoms with Crippen LogP contribution in [0.5, 0.6) is 0 Å². The number of nitrogens with one attached hydrogen (secondary N) is 1. The maximum absolute atomic E-state index is 12.9. The van der Waals surface area contributed by atoms with Crippen molar-refractivity contribution in [3.63, 3.8) is 0 Å². The standard InChI is InChI=1S/C21H23F3N4O2S/c22-21(23,24)15-4-3-5-16(12-15)27-10-8-26(9-11-27)6-1-2-7-28-19(29)17-13-31-14-18(17)25-20(28)30/h3-5,12-14H,1-2,6-11H2,(H,25,30). The Morgan fingerprint density at radius 1 is 1.00 bits per heavy atom. The molecule has 166 valence electrons. The zero-order valence-electron chi connectivity index (χ0n) is 16.8. The molecule has 0 bridgehead atoms. The number of aromatic nitrogens is 2. The molecule has 0 aliphatic carbocycles. The molecular weight excluding hydrogens is 429 g/mol. The summed E-state index contributed by atoms with van der Waals surface area (Å²) in [5, 5.41) is 4.03. The van der Waals surface area contributed by atoms with E-state index in [0.717, 1.165) is 32.1 Å². The Morgan fingerprint density at radius 2 is 1.74 bits per heavy atom. The summed E-state index contributed by atoms with van der Waals surface area (Å²) in [6, 6.07) is 5.45. The van der Waals surface area contributed by atoms with Gasteiger partial charge in [-0.1, -0.05) is 6.07 Å². The first kappa shape index (κ1) is 21.6. The number of rotatable bonds is 6. The van der Waals surface area contributed by atoms with Crippen LogP contribution in [0.15, 0.2) is 44.6 Å². The molecule has 0 radical (unpaired) electrons. The lowest BCUT2D eigenvalue weighted by molar-refractivity contribution is -0.137. The quantitative estimate of drug-likeness (QED) is 0.583. The SMILES string of the molecule is O=c1[nH]c2cscc2c(=O)n1CCCCN1CCN(c2cccc(C(F)(F)F)c2)CC1. The van der Waals surface area contributed by atoms with E-state index in [1.807, 2.05) is 4.90 Å². The number of benzene rings is 1. The van der Waals surface area contributed by atoms with Gasteiger partial charge >= 0.3 is 11.9 Å². The lowest BCUT2D eigenvalue weighted by atomic mass is 10.1. The predicted octanol–water partition coefficient (Wildman–Crippen LogP) is 3.37. The molecule has 1 N–H and O–H groups in total. The molecule has 6 nitrogen and oxygen atoms in total. The first-order chi connectivity index (χ1) is 14.8. The topological polar surface area (TPSA) is 61.3 Å². The first-order valence-electron chi connectivity index (χ1n) is 10.2. The number of hydrogen-bond donors (Lipinski definition) is 1. The smallest absolute Gasteiger partial charge is 0.369 e. The molecule has 1 aliphatic rings. The van der Waals surface area contributed by atoms with Crippen LogP contribution in [0.1, 0.15) is 18.4 Å². The Morgan fingerprint density at radius 3 is 2.48 bits per heavy atom. The second-order valence-electron chi connectivity index (χ2n) is 7.67. The van der Waals surface area contributed by atoms with Crippen molar-refractivity contribution in [2.24, 2.45) is 0 Å². The van der Waals surface area contributed by atoms with Crippen LogP contribution < -0.4 is 16.1 Å². The van der Waals surface area contributed by atoms with Gasteiger partial charge in [0.1, 0.15) is 0 Å². The number of hydrogen-bond acceptors (Lipinski definition) is 5. The second kappa shape index (κ2) is 8.88. The number of unbranched alkanes of at least 4 members (excludes halogenated alkanes) is 1. The second-order valence-corrected chi connectivity index (χ2v) is 8.41. The molecule has 31 heavy (non-hydrogen) atoms. The largest absolute Gasteiger partial charge is 0.416 e. The molecule has 1 aliphatic heterocycles. The molecule has 0 spiro atoms. The van der Waals surface area contributed by atoms with E-state index in [0.29, 0.717) is 42.6 Å². The molecule has 0 atom stereocenters. The first-order valence-corrected chi connectivity index (χ1v) is 11.1. The van der Waals surface area contributed by atoms with Gasteiger partial charge in [-0.2, -0.15) is 13.2 Å². The van der Waals surface area contributed by atoms with Gasteiger partial charge in [0.2, 0.25) is 0 Å². The van der Waals surface area contributed by atoms with E-state index < -0.39 is 11.7 Å². The highest BCUT2D eigenvalue weighted by Crippen LogP contribution is 2.31. The van der Waals surface area contributed by atoms with Gasteiger partial charge in [0.05, 0.1) is 16.5 Å². The summed E-state index contributed by atoms with van der Waals surface area (Å²) < 4.78 is 40.1. The molecule has 0 amide bonds. The van der Waals surface area contributed by atoms with Crippen LogP contribution in [0.25, 0.3) is 10.9 Å². The van der Waals surface area contributed by atoms with Gasteiger partial charge in [-0.05, 0) is 37.6 Å². The van der Waals surface area contributed by atoms with E-state index in [2.05, 4.69) is 9.88 Å². The third kappa shape index (κ3) is 4.85. The van der Waals surface area contributed by atoms with Crippen LogP contribution in [-0.4, -0.2) is 47.2 Å². The van der Waals surface area contributed by atoms with Crippen molar-refractivity contribution in [2.45, 2.75) is 25.6 Å². The van der Waals surface area contributed by atoms with Gasteiger partial charge in [0.15, 0.2) is 0 Å². The molecule has 4 rings (SSSR count). The Hall–Kier alpha value is -2.59.